The number of hydrogen-bond donors (Lipinski definition) is 1. The third-order valence-electron chi connectivity index (χ3n) is 3.63. The highest BCUT2D eigenvalue weighted by Crippen LogP contribution is 2.19. The van der Waals surface area contributed by atoms with E-state index in [4.69, 9.17) is 0 Å². The van der Waals surface area contributed by atoms with Crippen molar-refractivity contribution in [1.82, 2.24) is 10.2 Å². The normalized spacial score (nSPS) is 21.2. The molecule has 1 N–H and O–H groups in total. The van der Waals surface area contributed by atoms with Crippen molar-refractivity contribution < 1.29 is 4.39 Å². The van der Waals surface area contributed by atoms with Crippen LogP contribution in [0, 0.1) is 11.7 Å². The van der Waals surface area contributed by atoms with E-state index in [0.717, 1.165) is 43.2 Å². The topological polar surface area (TPSA) is 15.3 Å². The molecule has 1 aliphatic heterocycles. The third-order valence-corrected chi connectivity index (χ3v) is 3.63. The number of benzene rings is 1. The molecular weight excluding hydrogens is 227 g/mol. The molecule has 0 amide bonds. The Balaban J connectivity index is 2.05. The standard InChI is InChI=1S/C15H23FN2/c1-12-4-3-7-18(10-12)11-14-8-13(9-17-2)5-6-15(14)16/h5-6,8,12,17H,3-4,7,9-11H2,1-2H3. The molecule has 0 spiro atoms. The van der Waals surface area contributed by atoms with Crippen LogP contribution in [0.4, 0.5) is 4.39 Å². The predicted molar refractivity (Wildman–Crippen MR) is 72.8 cm³/mol. The molecule has 1 atom stereocenters. The van der Waals surface area contributed by atoms with Crippen LogP contribution in [0.25, 0.3) is 0 Å². The molecule has 1 saturated heterocycles. The zero-order valence-corrected chi connectivity index (χ0v) is 11.4. The number of hydrogen-bond acceptors (Lipinski definition) is 2. The van der Waals surface area contributed by atoms with Crippen LogP contribution < -0.4 is 5.32 Å². The van der Waals surface area contributed by atoms with Crippen LogP contribution in [0.2, 0.25) is 0 Å². The van der Waals surface area contributed by atoms with Gasteiger partial charge in [-0.15, -0.1) is 0 Å². The summed E-state index contributed by atoms with van der Waals surface area (Å²) >= 11 is 0. The summed E-state index contributed by atoms with van der Waals surface area (Å²) in [5.74, 6) is 0.662. The molecule has 1 fully saturated rings. The molecule has 0 bridgehead atoms. The maximum absolute atomic E-state index is 13.8. The molecule has 1 heterocycles. The van der Waals surface area contributed by atoms with E-state index in [-0.39, 0.29) is 5.82 Å². The lowest BCUT2D eigenvalue weighted by Gasteiger charge is -2.31. The summed E-state index contributed by atoms with van der Waals surface area (Å²) in [7, 11) is 1.91. The number of halogens is 1. The third kappa shape index (κ3) is 3.53. The van der Waals surface area contributed by atoms with Gasteiger partial charge in [-0.25, -0.2) is 4.39 Å². The van der Waals surface area contributed by atoms with Gasteiger partial charge in [0.05, 0.1) is 0 Å². The predicted octanol–water partition coefficient (Wildman–Crippen LogP) is 2.78. The molecule has 2 nitrogen and oxygen atoms in total. The average molecular weight is 250 g/mol. The van der Waals surface area contributed by atoms with Gasteiger partial charge in [0, 0.05) is 25.2 Å². The molecule has 1 aromatic rings. The summed E-state index contributed by atoms with van der Waals surface area (Å²) in [5, 5.41) is 3.11. The van der Waals surface area contributed by atoms with Crippen molar-refractivity contribution in [1.29, 1.82) is 0 Å². The van der Waals surface area contributed by atoms with E-state index in [2.05, 4.69) is 17.1 Å². The summed E-state index contributed by atoms with van der Waals surface area (Å²) in [6, 6.07) is 5.44. The van der Waals surface area contributed by atoms with Crippen LogP contribution in [0.3, 0.4) is 0 Å². The zero-order chi connectivity index (χ0) is 13.0. The second-order valence-corrected chi connectivity index (χ2v) is 5.44. The maximum atomic E-state index is 13.8. The highest BCUT2D eigenvalue weighted by molar-refractivity contribution is 5.25. The first-order valence-corrected chi connectivity index (χ1v) is 6.83. The van der Waals surface area contributed by atoms with E-state index in [9.17, 15) is 4.39 Å². The molecule has 0 radical (unpaired) electrons. The largest absolute Gasteiger partial charge is 0.316 e. The van der Waals surface area contributed by atoms with Crippen LogP contribution in [0.15, 0.2) is 18.2 Å². The van der Waals surface area contributed by atoms with Crippen LogP contribution >= 0.6 is 0 Å². The fraction of sp³-hybridized carbons (Fsp3) is 0.600. The van der Waals surface area contributed by atoms with Crippen LogP contribution in [0.1, 0.15) is 30.9 Å². The molecule has 2 rings (SSSR count). The van der Waals surface area contributed by atoms with Gasteiger partial charge < -0.3 is 5.32 Å². The molecular formula is C15H23FN2. The van der Waals surface area contributed by atoms with Gasteiger partial charge in [-0.05, 0) is 44.0 Å². The molecule has 3 heteroatoms. The molecule has 1 unspecified atom stereocenters. The van der Waals surface area contributed by atoms with Crippen LogP contribution in [0.5, 0.6) is 0 Å². The van der Waals surface area contributed by atoms with Crippen molar-refractivity contribution in [2.24, 2.45) is 5.92 Å². The highest BCUT2D eigenvalue weighted by atomic mass is 19.1. The monoisotopic (exact) mass is 250 g/mol. The van der Waals surface area contributed by atoms with Gasteiger partial charge in [0.1, 0.15) is 5.82 Å². The van der Waals surface area contributed by atoms with E-state index >= 15 is 0 Å². The Hall–Kier alpha value is -0.930. The lowest BCUT2D eigenvalue weighted by molar-refractivity contribution is 0.175. The van der Waals surface area contributed by atoms with Crippen molar-refractivity contribution in [3.63, 3.8) is 0 Å². The number of nitrogens with zero attached hydrogens (tertiary/aromatic N) is 1. The Morgan fingerprint density at radius 2 is 2.28 bits per heavy atom. The van der Waals surface area contributed by atoms with Gasteiger partial charge in [0.15, 0.2) is 0 Å². The molecule has 0 aliphatic carbocycles. The lowest BCUT2D eigenvalue weighted by Crippen LogP contribution is -2.34. The van der Waals surface area contributed by atoms with E-state index in [1.54, 1.807) is 6.07 Å². The van der Waals surface area contributed by atoms with Crippen molar-refractivity contribution >= 4 is 0 Å². The van der Waals surface area contributed by atoms with E-state index in [1.165, 1.54) is 12.8 Å². The first-order valence-electron chi connectivity index (χ1n) is 6.83. The fourth-order valence-corrected chi connectivity index (χ4v) is 2.73. The van der Waals surface area contributed by atoms with Gasteiger partial charge in [0.25, 0.3) is 0 Å². The van der Waals surface area contributed by atoms with Crippen molar-refractivity contribution in [2.45, 2.75) is 32.9 Å². The molecule has 1 aromatic carbocycles. The van der Waals surface area contributed by atoms with Gasteiger partial charge >= 0.3 is 0 Å². The van der Waals surface area contributed by atoms with Gasteiger partial charge in [-0.2, -0.15) is 0 Å². The summed E-state index contributed by atoms with van der Waals surface area (Å²) in [4.78, 5) is 2.37. The quantitative estimate of drug-likeness (QED) is 0.884. The Morgan fingerprint density at radius 3 is 3.00 bits per heavy atom. The zero-order valence-electron chi connectivity index (χ0n) is 11.4. The highest BCUT2D eigenvalue weighted by Gasteiger charge is 2.17. The first-order chi connectivity index (χ1) is 8.69. The minimum absolute atomic E-state index is 0.0759. The first kappa shape index (κ1) is 13.5. The molecule has 0 aromatic heterocycles. The second-order valence-electron chi connectivity index (χ2n) is 5.44. The van der Waals surface area contributed by atoms with Gasteiger partial charge in [-0.3, -0.25) is 4.90 Å². The van der Waals surface area contributed by atoms with E-state index in [1.807, 2.05) is 19.2 Å². The average Bonchev–Trinajstić information content (AvgIpc) is 2.34. The Kier molecular flexibility index (Phi) is 4.72. The number of likely N-dealkylation sites (tertiary alicyclic amines) is 1. The molecule has 0 saturated carbocycles. The van der Waals surface area contributed by atoms with E-state index < -0.39 is 0 Å². The number of rotatable bonds is 4. The number of piperidine rings is 1. The molecule has 1 aliphatic rings. The van der Waals surface area contributed by atoms with Crippen LogP contribution in [-0.4, -0.2) is 25.0 Å². The van der Waals surface area contributed by atoms with Gasteiger partial charge in [-0.1, -0.05) is 19.1 Å². The summed E-state index contributed by atoms with van der Waals surface area (Å²) in [5.41, 5.74) is 1.98. The van der Waals surface area contributed by atoms with Crippen LogP contribution in [-0.2, 0) is 13.1 Å². The van der Waals surface area contributed by atoms with Crippen molar-refractivity contribution in [3.8, 4) is 0 Å². The Labute approximate surface area is 109 Å². The minimum Gasteiger partial charge on any atom is -0.316 e. The fourth-order valence-electron chi connectivity index (χ4n) is 2.73. The lowest BCUT2D eigenvalue weighted by atomic mass is 9.99. The van der Waals surface area contributed by atoms with Gasteiger partial charge in [0.2, 0.25) is 0 Å². The second kappa shape index (κ2) is 6.30. The maximum Gasteiger partial charge on any atom is 0.127 e. The molecule has 100 valence electrons. The SMILES string of the molecule is CNCc1ccc(F)c(CN2CCCC(C)C2)c1. The Morgan fingerprint density at radius 1 is 1.44 bits per heavy atom. The van der Waals surface area contributed by atoms with Crippen molar-refractivity contribution in [3.05, 3.63) is 35.1 Å². The molecule has 18 heavy (non-hydrogen) atoms. The smallest absolute Gasteiger partial charge is 0.127 e. The summed E-state index contributed by atoms with van der Waals surface area (Å²) < 4.78 is 13.8. The van der Waals surface area contributed by atoms with E-state index in [0.29, 0.717) is 0 Å². The summed E-state index contributed by atoms with van der Waals surface area (Å²) in [6.07, 6.45) is 2.54. The number of nitrogens with one attached hydrogen (secondary N) is 1. The Bertz CT molecular complexity index is 392. The van der Waals surface area contributed by atoms with Crippen molar-refractivity contribution in [2.75, 3.05) is 20.1 Å². The summed E-state index contributed by atoms with van der Waals surface area (Å²) in [6.45, 7) is 6.01. The minimum atomic E-state index is -0.0759.